The van der Waals surface area contributed by atoms with E-state index in [4.69, 9.17) is 19.7 Å². The Morgan fingerprint density at radius 1 is 0.566 bits per heavy atom. The van der Waals surface area contributed by atoms with Crippen molar-refractivity contribution in [1.29, 1.82) is 0 Å². The van der Waals surface area contributed by atoms with Gasteiger partial charge >= 0.3 is 20.4 Å². The second-order valence-electron chi connectivity index (χ2n) is 13.9. The Labute approximate surface area is 319 Å². The van der Waals surface area contributed by atoms with Crippen molar-refractivity contribution in [2.45, 2.75) is 19.3 Å². The van der Waals surface area contributed by atoms with Crippen molar-refractivity contribution in [1.82, 2.24) is 23.9 Å². The maximum atomic E-state index is 6.66. The van der Waals surface area contributed by atoms with Crippen LogP contribution in [-0.2, 0) is 25.8 Å². The van der Waals surface area contributed by atoms with Gasteiger partial charge < -0.3 is 13.7 Å². The topological polar surface area (TPSA) is 57.2 Å². The van der Waals surface area contributed by atoms with Gasteiger partial charge in [-0.3, -0.25) is 4.98 Å². The summed E-state index contributed by atoms with van der Waals surface area (Å²) in [6.07, 6.45) is 3.70. The molecular formula is C46H29N5OPd. The van der Waals surface area contributed by atoms with E-state index in [-0.39, 0.29) is 25.8 Å². The molecule has 5 aromatic carbocycles. The number of ether oxygens (including phenoxy) is 1. The maximum absolute atomic E-state index is 6.66. The van der Waals surface area contributed by atoms with E-state index in [1.165, 1.54) is 22.0 Å². The van der Waals surface area contributed by atoms with Gasteiger partial charge in [0.25, 0.3) is 0 Å². The summed E-state index contributed by atoms with van der Waals surface area (Å²) >= 11 is 0. The fourth-order valence-electron chi connectivity index (χ4n) is 8.26. The van der Waals surface area contributed by atoms with Crippen molar-refractivity contribution < 1.29 is 25.2 Å². The van der Waals surface area contributed by atoms with Crippen molar-refractivity contribution in [3.8, 4) is 39.7 Å². The molecule has 0 bridgehead atoms. The number of hydrogen-bond donors (Lipinski definition) is 0. The van der Waals surface area contributed by atoms with E-state index in [1.54, 1.807) is 0 Å². The zero-order valence-electron chi connectivity index (χ0n) is 28.7. The van der Waals surface area contributed by atoms with Gasteiger partial charge in [0.2, 0.25) is 0 Å². The Morgan fingerprint density at radius 2 is 1.23 bits per heavy atom. The van der Waals surface area contributed by atoms with Gasteiger partial charge in [-0.15, -0.1) is 29.8 Å². The number of nitrogens with zero attached hydrogens (tertiary/aromatic N) is 5. The first-order valence-electron chi connectivity index (χ1n) is 17.5. The molecule has 0 amide bonds. The average Bonchev–Trinajstić information content (AvgIpc) is 3.76. The number of rotatable bonds is 4. The van der Waals surface area contributed by atoms with Crippen molar-refractivity contribution in [2.75, 3.05) is 0 Å². The van der Waals surface area contributed by atoms with Gasteiger partial charge in [0, 0.05) is 45.8 Å². The summed E-state index contributed by atoms with van der Waals surface area (Å²) in [5, 5.41) is 5.19. The molecule has 5 aromatic heterocycles. The number of hydrogen-bond acceptors (Lipinski definition) is 4. The van der Waals surface area contributed by atoms with E-state index in [0.717, 1.165) is 66.7 Å². The van der Waals surface area contributed by atoms with Crippen LogP contribution in [0.15, 0.2) is 140 Å². The van der Waals surface area contributed by atoms with Crippen LogP contribution in [0.2, 0.25) is 0 Å². The molecule has 254 valence electrons. The standard InChI is InChI=1S/C46H29N5O.Pd/c1-46(2)37-23-21-31(27-39(37)50-42-33(16-9-19-38(42)46)35-18-11-24-47-43(35)50)52-30-20-22-32-34-17-10-25-48-44(34)51-41(29-14-7-4-8-15-29)40(28-12-5-3-6-13-28)49-45(51)36(32)26-30;/h3-25H,1-2H3;/q-2;+2. The number of benzene rings is 5. The number of fused-ring (bicyclic) bond motifs is 11. The van der Waals surface area contributed by atoms with Crippen molar-refractivity contribution >= 4 is 49.4 Å². The van der Waals surface area contributed by atoms with Gasteiger partial charge in [-0.05, 0) is 34.6 Å². The summed E-state index contributed by atoms with van der Waals surface area (Å²) in [6.45, 7) is 4.56. The predicted octanol–water partition coefficient (Wildman–Crippen LogP) is 10.9. The van der Waals surface area contributed by atoms with Crippen LogP contribution in [-0.4, -0.2) is 23.9 Å². The van der Waals surface area contributed by atoms with Crippen LogP contribution in [0.25, 0.3) is 77.6 Å². The van der Waals surface area contributed by atoms with Crippen LogP contribution in [0.5, 0.6) is 11.5 Å². The Hall–Kier alpha value is -6.13. The first-order valence-corrected chi connectivity index (χ1v) is 17.5. The second-order valence-corrected chi connectivity index (χ2v) is 13.9. The molecule has 0 N–H and O–H groups in total. The molecule has 0 spiro atoms. The quantitative estimate of drug-likeness (QED) is 0.102. The summed E-state index contributed by atoms with van der Waals surface area (Å²) in [5.41, 5.74) is 10.8. The van der Waals surface area contributed by atoms with Crippen molar-refractivity contribution in [2.24, 2.45) is 0 Å². The van der Waals surface area contributed by atoms with Crippen LogP contribution >= 0.6 is 0 Å². The molecule has 0 saturated heterocycles. The third kappa shape index (κ3) is 4.51. The SMILES string of the molecule is CC1(C)c2ccc(Oc3[c-]c4c(cc3)c3cccnc3n3c(-c5ccccc5)c(-c5ccccc5)nc43)[c-]c2-n2c3ncccc3c3cccc1c32.[Pd+2]. The molecule has 1 aliphatic heterocycles. The minimum absolute atomic E-state index is 0. The first-order chi connectivity index (χ1) is 25.6. The molecule has 0 radical (unpaired) electrons. The fraction of sp³-hybridized carbons (Fsp3) is 0.0652. The van der Waals surface area contributed by atoms with E-state index < -0.39 is 0 Å². The molecule has 6 heterocycles. The van der Waals surface area contributed by atoms with Gasteiger partial charge in [0.05, 0.1) is 22.6 Å². The summed E-state index contributed by atoms with van der Waals surface area (Å²) in [4.78, 5) is 15.1. The molecule has 53 heavy (non-hydrogen) atoms. The molecule has 0 atom stereocenters. The van der Waals surface area contributed by atoms with Crippen molar-refractivity contribution in [3.05, 3.63) is 163 Å². The van der Waals surface area contributed by atoms with Gasteiger partial charge in [0.15, 0.2) is 0 Å². The predicted molar refractivity (Wildman–Crippen MR) is 207 cm³/mol. The Kier molecular flexibility index (Phi) is 6.97. The second kappa shape index (κ2) is 11.7. The van der Waals surface area contributed by atoms with Crippen LogP contribution < -0.4 is 4.74 Å². The van der Waals surface area contributed by atoms with Crippen LogP contribution in [0.3, 0.4) is 0 Å². The molecule has 0 aliphatic carbocycles. The Morgan fingerprint density at radius 3 is 2.00 bits per heavy atom. The Bertz CT molecular complexity index is 3070. The molecule has 6 nitrogen and oxygen atoms in total. The normalized spacial score (nSPS) is 13.1. The van der Waals surface area contributed by atoms with Gasteiger partial charge in [-0.25, -0.2) is 9.97 Å². The molecule has 10 aromatic rings. The largest absolute Gasteiger partial charge is 2.00 e. The zero-order valence-corrected chi connectivity index (χ0v) is 30.3. The van der Waals surface area contributed by atoms with Gasteiger partial charge in [0.1, 0.15) is 11.3 Å². The minimum atomic E-state index is -0.238. The Balaban J connectivity index is 0.00000349. The third-order valence-electron chi connectivity index (χ3n) is 10.6. The number of pyridine rings is 3. The monoisotopic (exact) mass is 773 g/mol. The molecule has 1 aliphatic rings. The number of aromatic nitrogens is 5. The van der Waals surface area contributed by atoms with Crippen LogP contribution in [0.1, 0.15) is 25.0 Å². The minimum Gasteiger partial charge on any atom is -0.503 e. The molecular weight excluding hydrogens is 745 g/mol. The molecule has 0 saturated carbocycles. The van der Waals surface area contributed by atoms with E-state index in [9.17, 15) is 0 Å². The van der Waals surface area contributed by atoms with Crippen molar-refractivity contribution in [3.63, 3.8) is 0 Å². The molecule has 7 heteroatoms. The van der Waals surface area contributed by atoms with E-state index in [1.807, 2.05) is 60.9 Å². The fourth-order valence-corrected chi connectivity index (χ4v) is 8.26. The van der Waals surface area contributed by atoms with Gasteiger partial charge in [-0.2, -0.15) is 6.07 Å². The van der Waals surface area contributed by atoms with Gasteiger partial charge in [-0.1, -0.05) is 121 Å². The number of para-hydroxylation sites is 1. The molecule has 11 rings (SSSR count). The summed E-state index contributed by atoms with van der Waals surface area (Å²) < 4.78 is 11.1. The van der Waals surface area contributed by atoms with Crippen LogP contribution in [0.4, 0.5) is 0 Å². The summed E-state index contributed by atoms with van der Waals surface area (Å²) in [7, 11) is 0. The summed E-state index contributed by atoms with van der Waals surface area (Å²) in [5.74, 6) is 1.18. The first kappa shape index (κ1) is 31.6. The summed E-state index contributed by atoms with van der Waals surface area (Å²) in [6, 6.07) is 51.1. The zero-order chi connectivity index (χ0) is 34.6. The number of imidazole rings is 1. The van der Waals surface area contributed by atoms with E-state index >= 15 is 0 Å². The van der Waals surface area contributed by atoms with Crippen LogP contribution in [0, 0.1) is 12.1 Å². The average molecular weight is 774 g/mol. The smallest absolute Gasteiger partial charge is 0.503 e. The molecule has 0 fully saturated rings. The van der Waals surface area contributed by atoms with E-state index in [0.29, 0.717) is 11.5 Å². The third-order valence-corrected chi connectivity index (χ3v) is 10.6. The maximum Gasteiger partial charge on any atom is 2.00 e. The molecule has 0 unspecified atom stereocenters. The van der Waals surface area contributed by atoms with E-state index in [2.05, 4.69) is 114 Å².